The Kier molecular flexibility index (Phi) is 6.09. The highest BCUT2D eigenvalue weighted by molar-refractivity contribution is 6.42. The molecule has 0 heterocycles. The van der Waals surface area contributed by atoms with Crippen molar-refractivity contribution in [2.75, 3.05) is 13.7 Å². The van der Waals surface area contributed by atoms with Crippen LogP contribution in [0.3, 0.4) is 0 Å². The second kappa shape index (κ2) is 7.84. The zero-order chi connectivity index (χ0) is 16.1. The molecule has 1 amide bonds. The molecule has 1 N–H and O–H groups in total. The molecular weight excluding hydrogens is 345 g/mol. The molecule has 22 heavy (non-hydrogen) atoms. The number of hydrogen-bond acceptors (Lipinski definition) is 2. The van der Waals surface area contributed by atoms with Gasteiger partial charge in [-0.2, -0.15) is 0 Å². The maximum Gasteiger partial charge on any atom is 0.251 e. The van der Waals surface area contributed by atoms with Gasteiger partial charge in [-0.1, -0.05) is 53.0 Å². The van der Waals surface area contributed by atoms with Gasteiger partial charge in [0.15, 0.2) is 0 Å². The van der Waals surface area contributed by atoms with Crippen molar-refractivity contribution in [2.24, 2.45) is 0 Å². The van der Waals surface area contributed by atoms with Crippen LogP contribution in [0, 0.1) is 0 Å². The summed E-state index contributed by atoms with van der Waals surface area (Å²) in [6.45, 7) is 0.291. The average molecular weight is 359 g/mol. The van der Waals surface area contributed by atoms with E-state index in [1.807, 2.05) is 18.2 Å². The van der Waals surface area contributed by atoms with E-state index in [0.29, 0.717) is 27.2 Å². The van der Waals surface area contributed by atoms with E-state index in [4.69, 9.17) is 39.5 Å². The summed E-state index contributed by atoms with van der Waals surface area (Å²) >= 11 is 17.9. The highest BCUT2D eigenvalue weighted by Crippen LogP contribution is 2.25. The standard InChI is InChI=1S/C16H14Cl3NO2/c1-22-15(11-4-2-3-5-12(11)17)9-20-16(21)10-6-7-13(18)14(19)8-10/h2-8,15H,9H2,1H3,(H,20,21). The van der Waals surface area contributed by atoms with Crippen LogP contribution in [-0.2, 0) is 4.74 Å². The SMILES string of the molecule is COC(CNC(=O)c1ccc(Cl)c(Cl)c1)c1ccccc1Cl. The van der Waals surface area contributed by atoms with Crippen molar-refractivity contribution >= 4 is 40.7 Å². The lowest BCUT2D eigenvalue weighted by Gasteiger charge is -2.17. The number of rotatable bonds is 5. The molecule has 0 radical (unpaired) electrons. The number of benzene rings is 2. The molecule has 2 rings (SSSR count). The van der Waals surface area contributed by atoms with Crippen molar-refractivity contribution in [3.05, 3.63) is 68.7 Å². The van der Waals surface area contributed by atoms with Crippen molar-refractivity contribution in [2.45, 2.75) is 6.10 Å². The molecule has 6 heteroatoms. The Hall–Kier alpha value is -1.26. The molecule has 116 valence electrons. The summed E-state index contributed by atoms with van der Waals surface area (Å²) in [6, 6.07) is 12.1. The van der Waals surface area contributed by atoms with Gasteiger partial charge in [0.2, 0.25) is 0 Å². The number of hydrogen-bond donors (Lipinski definition) is 1. The monoisotopic (exact) mass is 357 g/mol. The van der Waals surface area contributed by atoms with Gasteiger partial charge < -0.3 is 10.1 Å². The highest BCUT2D eigenvalue weighted by Gasteiger charge is 2.16. The molecule has 0 fully saturated rings. The van der Waals surface area contributed by atoms with E-state index in [-0.39, 0.29) is 12.0 Å². The van der Waals surface area contributed by atoms with Crippen LogP contribution in [0.1, 0.15) is 22.0 Å². The Labute approximate surface area is 144 Å². The normalized spacial score (nSPS) is 12.0. The van der Waals surface area contributed by atoms with E-state index in [2.05, 4.69) is 5.32 Å². The topological polar surface area (TPSA) is 38.3 Å². The quantitative estimate of drug-likeness (QED) is 0.836. The first-order valence-corrected chi connectivity index (χ1v) is 7.66. The van der Waals surface area contributed by atoms with E-state index < -0.39 is 0 Å². The first-order chi connectivity index (χ1) is 10.5. The van der Waals surface area contributed by atoms with Crippen LogP contribution >= 0.6 is 34.8 Å². The zero-order valence-electron chi connectivity index (χ0n) is 11.8. The molecule has 1 unspecified atom stereocenters. The number of carbonyl (C=O) groups excluding carboxylic acids is 1. The van der Waals surface area contributed by atoms with Gasteiger partial charge in [-0.25, -0.2) is 0 Å². The van der Waals surface area contributed by atoms with Gasteiger partial charge in [0.1, 0.15) is 6.10 Å². The number of carbonyl (C=O) groups is 1. The van der Waals surface area contributed by atoms with E-state index in [9.17, 15) is 4.79 Å². The molecule has 3 nitrogen and oxygen atoms in total. The fraction of sp³-hybridized carbons (Fsp3) is 0.188. The average Bonchev–Trinajstić information content (AvgIpc) is 2.52. The minimum Gasteiger partial charge on any atom is -0.375 e. The fourth-order valence-electron chi connectivity index (χ4n) is 1.98. The maximum atomic E-state index is 12.1. The van der Waals surface area contributed by atoms with Crippen molar-refractivity contribution < 1.29 is 9.53 Å². The molecule has 0 bridgehead atoms. The molecule has 0 aliphatic carbocycles. The summed E-state index contributed by atoms with van der Waals surface area (Å²) in [7, 11) is 1.57. The summed E-state index contributed by atoms with van der Waals surface area (Å²) < 4.78 is 5.40. The maximum absolute atomic E-state index is 12.1. The Balaban J connectivity index is 2.05. The van der Waals surface area contributed by atoms with Crippen LogP contribution in [-0.4, -0.2) is 19.6 Å². The van der Waals surface area contributed by atoms with Gasteiger partial charge >= 0.3 is 0 Å². The van der Waals surface area contributed by atoms with Crippen molar-refractivity contribution in [3.8, 4) is 0 Å². The smallest absolute Gasteiger partial charge is 0.251 e. The number of amides is 1. The van der Waals surface area contributed by atoms with Crippen molar-refractivity contribution in [1.82, 2.24) is 5.32 Å². The Morgan fingerprint density at radius 2 is 1.82 bits per heavy atom. The molecular formula is C16H14Cl3NO2. The Bertz CT molecular complexity index is 676. The van der Waals surface area contributed by atoms with Gasteiger partial charge in [-0.15, -0.1) is 0 Å². The third-order valence-electron chi connectivity index (χ3n) is 3.17. The van der Waals surface area contributed by atoms with E-state index in [1.165, 1.54) is 6.07 Å². The molecule has 2 aromatic carbocycles. The van der Waals surface area contributed by atoms with Gasteiger partial charge in [0.25, 0.3) is 5.91 Å². The number of methoxy groups -OCH3 is 1. The first kappa shape index (κ1) is 17.1. The Morgan fingerprint density at radius 3 is 2.45 bits per heavy atom. The lowest BCUT2D eigenvalue weighted by molar-refractivity contribution is 0.0828. The lowest BCUT2D eigenvalue weighted by atomic mass is 10.1. The fourth-order valence-corrected chi connectivity index (χ4v) is 2.54. The molecule has 0 aromatic heterocycles. The summed E-state index contributed by atoms with van der Waals surface area (Å²) in [4.78, 5) is 12.1. The molecule has 0 saturated heterocycles. The lowest BCUT2D eigenvalue weighted by Crippen LogP contribution is -2.29. The van der Waals surface area contributed by atoms with Crippen LogP contribution in [0.5, 0.6) is 0 Å². The molecule has 0 spiro atoms. The summed E-state index contributed by atoms with van der Waals surface area (Å²) in [5.74, 6) is -0.257. The minimum absolute atomic E-state index is 0.257. The van der Waals surface area contributed by atoms with Crippen LogP contribution in [0.2, 0.25) is 15.1 Å². The molecule has 2 aromatic rings. The summed E-state index contributed by atoms with van der Waals surface area (Å²) in [6.07, 6.45) is -0.333. The molecule has 0 aliphatic rings. The minimum atomic E-state index is -0.333. The molecule has 0 saturated carbocycles. The highest BCUT2D eigenvalue weighted by atomic mass is 35.5. The molecule has 1 atom stereocenters. The third-order valence-corrected chi connectivity index (χ3v) is 4.25. The zero-order valence-corrected chi connectivity index (χ0v) is 14.0. The first-order valence-electron chi connectivity index (χ1n) is 6.53. The van der Waals surface area contributed by atoms with Gasteiger partial charge in [-0.05, 0) is 24.3 Å². The summed E-state index contributed by atoms with van der Waals surface area (Å²) in [5, 5.41) is 4.14. The van der Waals surface area contributed by atoms with Crippen LogP contribution in [0.25, 0.3) is 0 Å². The third kappa shape index (κ3) is 4.14. The second-order valence-corrected chi connectivity index (χ2v) is 5.81. The number of ether oxygens (including phenoxy) is 1. The van der Waals surface area contributed by atoms with E-state index in [1.54, 1.807) is 25.3 Å². The summed E-state index contributed by atoms with van der Waals surface area (Å²) in [5.41, 5.74) is 1.25. The van der Waals surface area contributed by atoms with Crippen LogP contribution in [0.4, 0.5) is 0 Å². The van der Waals surface area contributed by atoms with Crippen LogP contribution < -0.4 is 5.32 Å². The van der Waals surface area contributed by atoms with Crippen molar-refractivity contribution in [1.29, 1.82) is 0 Å². The second-order valence-electron chi connectivity index (χ2n) is 4.58. The van der Waals surface area contributed by atoms with Gasteiger partial charge in [0, 0.05) is 29.8 Å². The Morgan fingerprint density at radius 1 is 1.09 bits per heavy atom. The van der Waals surface area contributed by atoms with Crippen molar-refractivity contribution in [3.63, 3.8) is 0 Å². The van der Waals surface area contributed by atoms with E-state index >= 15 is 0 Å². The molecule has 0 aliphatic heterocycles. The largest absolute Gasteiger partial charge is 0.375 e. The number of halogens is 3. The van der Waals surface area contributed by atoms with Gasteiger partial charge in [0.05, 0.1) is 10.0 Å². The number of nitrogens with one attached hydrogen (secondary N) is 1. The predicted molar refractivity (Wildman–Crippen MR) is 90.0 cm³/mol. The van der Waals surface area contributed by atoms with Gasteiger partial charge in [-0.3, -0.25) is 4.79 Å². The predicted octanol–water partition coefficient (Wildman–Crippen LogP) is 4.76. The van der Waals surface area contributed by atoms with E-state index in [0.717, 1.165) is 5.56 Å². The van der Waals surface area contributed by atoms with Crippen LogP contribution in [0.15, 0.2) is 42.5 Å².